The third kappa shape index (κ3) is 2.90. The van der Waals surface area contributed by atoms with Gasteiger partial charge in [0.1, 0.15) is 11.6 Å². The molecule has 0 heterocycles. The number of rotatable bonds is 4. The van der Waals surface area contributed by atoms with Crippen LogP contribution in [0.2, 0.25) is 5.02 Å². The summed E-state index contributed by atoms with van der Waals surface area (Å²) in [5.41, 5.74) is 5.90. The molecule has 0 aliphatic heterocycles. The Morgan fingerprint density at radius 1 is 1.35 bits per heavy atom. The smallest absolute Gasteiger partial charge is 0.138 e. The molecule has 17 heavy (non-hydrogen) atoms. The lowest BCUT2D eigenvalue weighted by molar-refractivity contribution is 0.157. The maximum absolute atomic E-state index is 12.9. The van der Waals surface area contributed by atoms with Gasteiger partial charge >= 0.3 is 0 Å². The zero-order chi connectivity index (χ0) is 12.3. The average molecular weight is 258 g/mol. The molecule has 2 N–H and O–H groups in total. The van der Waals surface area contributed by atoms with Crippen LogP contribution in [0.4, 0.5) is 4.39 Å². The number of hydrogen-bond acceptors (Lipinski definition) is 2. The Hall–Kier alpha value is -0.800. The van der Waals surface area contributed by atoms with Crippen molar-refractivity contribution >= 4 is 11.6 Å². The van der Waals surface area contributed by atoms with Crippen LogP contribution in [0.3, 0.4) is 0 Å². The van der Waals surface area contributed by atoms with Crippen LogP contribution in [-0.2, 0) is 0 Å². The summed E-state index contributed by atoms with van der Waals surface area (Å²) in [5.74, 6) is 0.185. The quantitative estimate of drug-likeness (QED) is 0.898. The molecule has 0 bridgehead atoms. The molecule has 0 radical (unpaired) electrons. The van der Waals surface area contributed by atoms with E-state index < -0.39 is 0 Å². The van der Waals surface area contributed by atoms with Crippen molar-refractivity contribution in [2.45, 2.75) is 25.7 Å². The number of benzene rings is 1. The van der Waals surface area contributed by atoms with Gasteiger partial charge in [0.15, 0.2) is 0 Å². The van der Waals surface area contributed by atoms with Crippen molar-refractivity contribution in [3.63, 3.8) is 0 Å². The van der Waals surface area contributed by atoms with E-state index in [4.69, 9.17) is 22.1 Å². The molecule has 1 fully saturated rings. The van der Waals surface area contributed by atoms with Gasteiger partial charge in [-0.05, 0) is 31.0 Å². The van der Waals surface area contributed by atoms with Crippen molar-refractivity contribution in [1.29, 1.82) is 0 Å². The zero-order valence-electron chi connectivity index (χ0n) is 9.72. The summed E-state index contributed by atoms with van der Waals surface area (Å²) in [4.78, 5) is 0. The van der Waals surface area contributed by atoms with Crippen molar-refractivity contribution < 1.29 is 9.13 Å². The highest BCUT2D eigenvalue weighted by atomic mass is 35.5. The first-order valence-corrected chi connectivity index (χ1v) is 6.31. The average Bonchev–Trinajstić information content (AvgIpc) is 2.77. The minimum absolute atomic E-state index is 0.0811. The maximum atomic E-state index is 12.9. The Morgan fingerprint density at radius 3 is 2.65 bits per heavy atom. The highest BCUT2D eigenvalue weighted by Gasteiger charge is 2.33. The Morgan fingerprint density at radius 2 is 2.06 bits per heavy atom. The zero-order valence-corrected chi connectivity index (χ0v) is 10.5. The van der Waals surface area contributed by atoms with Crippen LogP contribution in [0.25, 0.3) is 0 Å². The molecule has 0 unspecified atom stereocenters. The minimum Gasteiger partial charge on any atom is -0.491 e. The highest BCUT2D eigenvalue weighted by molar-refractivity contribution is 6.32. The third-order valence-corrected chi connectivity index (χ3v) is 3.82. The number of halogens is 2. The van der Waals surface area contributed by atoms with E-state index in [9.17, 15) is 4.39 Å². The molecule has 1 aromatic rings. The lowest BCUT2D eigenvalue weighted by Crippen LogP contribution is -2.33. The van der Waals surface area contributed by atoms with E-state index in [-0.39, 0.29) is 11.2 Å². The molecule has 1 aliphatic rings. The summed E-state index contributed by atoms with van der Waals surface area (Å²) >= 11 is 5.91. The minimum atomic E-state index is -0.350. The largest absolute Gasteiger partial charge is 0.491 e. The number of ether oxygens (including phenoxy) is 1. The van der Waals surface area contributed by atoms with Gasteiger partial charge in [0.2, 0.25) is 0 Å². The second-order valence-electron chi connectivity index (χ2n) is 4.77. The molecule has 0 spiro atoms. The molecule has 1 aliphatic carbocycles. The molecule has 2 nitrogen and oxygen atoms in total. The standard InChI is InChI=1S/C13H17ClFNO/c14-11-7-10(15)3-4-12(11)17-9-13(8-16)5-1-2-6-13/h3-4,7H,1-2,5-6,8-9,16H2. The highest BCUT2D eigenvalue weighted by Crippen LogP contribution is 2.38. The first-order valence-electron chi connectivity index (χ1n) is 5.93. The van der Waals surface area contributed by atoms with Crippen LogP contribution >= 0.6 is 11.6 Å². The Kier molecular flexibility index (Phi) is 3.89. The third-order valence-electron chi connectivity index (χ3n) is 3.53. The monoisotopic (exact) mass is 257 g/mol. The van der Waals surface area contributed by atoms with Gasteiger partial charge in [-0.2, -0.15) is 0 Å². The van der Waals surface area contributed by atoms with E-state index in [1.54, 1.807) is 6.07 Å². The summed E-state index contributed by atoms with van der Waals surface area (Å²) in [6, 6.07) is 4.18. The Balaban J connectivity index is 2.01. The van der Waals surface area contributed by atoms with Gasteiger partial charge in [-0.1, -0.05) is 24.4 Å². The van der Waals surface area contributed by atoms with Crippen molar-refractivity contribution in [2.75, 3.05) is 13.2 Å². The second-order valence-corrected chi connectivity index (χ2v) is 5.18. The van der Waals surface area contributed by atoms with E-state index in [0.717, 1.165) is 12.8 Å². The fraction of sp³-hybridized carbons (Fsp3) is 0.538. The van der Waals surface area contributed by atoms with E-state index in [1.807, 2.05) is 0 Å². The molecule has 0 aromatic heterocycles. The number of hydrogen-bond donors (Lipinski definition) is 1. The van der Waals surface area contributed by atoms with Crippen molar-refractivity contribution in [1.82, 2.24) is 0 Å². The van der Waals surface area contributed by atoms with Crippen LogP contribution in [0, 0.1) is 11.2 Å². The van der Waals surface area contributed by atoms with Crippen LogP contribution in [0.15, 0.2) is 18.2 Å². The predicted molar refractivity (Wildman–Crippen MR) is 66.9 cm³/mol. The first kappa shape index (κ1) is 12.7. The topological polar surface area (TPSA) is 35.2 Å². The van der Waals surface area contributed by atoms with Gasteiger partial charge in [-0.15, -0.1) is 0 Å². The SMILES string of the molecule is NCC1(COc2ccc(F)cc2Cl)CCCC1. The normalized spacial score (nSPS) is 18.3. The molecule has 1 saturated carbocycles. The van der Waals surface area contributed by atoms with Gasteiger partial charge in [0.25, 0.3) is 0 Å². The van der Waals surface area contributed by atoms with Gasteiger partial charge in [-0.3, -0.25) is 0 Å². The van der Waals surface area contributed by atoms with Crippen molar-refractivity contribution in [2.24, 2.45) is 11.1 Å². The predicted octanol–water partition coefficient (Wildman–Crippen LogP) is 3.38. The van der Waals surface area contributed by atoms with Crippen LogP contribution in [-0.4, -0.2) is 13.2 Å². The Bertz CT molecular complexity index is 391. The van der Waals surface area contributed by atoms with Crippen LogP contribution < -0.4 is 10.5 Å². The molecule has 2 rings (SSSR count). The maximum Gasteiger partial charge on any atom is 0.138 e. The van der Waals surface area contributed by atoms with Crippen molar-refractivity contribution in [3.05, 3.63) is 29.0 Å². The molecule has 0 saturated heterocycles. The molecule has 4 heteroatoms. The fourth-order valence-corrected chi connectivity index (χ4v) is 2.58. The molecule has 0 atom stereocenters. The van der Waals surface area contributed by atoms with Crippen LogP contribution in [0.1, 0.15) is 25.7 Å². The lowest BCUT2D eigenvalue weighted by Gasteiger charge is -2.27. The molecular weight excluding hydrogens is 241 g/mol. The van der Waals surface area contributed by atoms with Gasteiger partial charge in [0, 0.05) is 12.0 Å². The second kappa shape index (κ2) is 5.23. The summed E-state index contributed by atoms with van der Waals surface area (Å²) in [6.07, 6.45) is 4.61. The van der Waals surface area contributed by atoms with Crippen LogP contribution in [0.5, 0.6) is 5.75 Å². The van der Waals surface area contributed by atoms with E-state index in [2.05, 4.69) is 0 Å². The van der Waals surface area contributed by atoms with E-state index in [0.29, 0.717) is 23.9 Å². The fourth-order valence-electron chi connectivity index (χ4n) is 2.36. The van der Waals surface area contributed by atoms with Crippen molar-refractivity contribution in [3.8, 4) is 5.75 Å². The summed E-state index contributed by atoms with van der Waals surface area (Å²) in [6.45, 7) is 1.20. The van der Waals surface area contributed by atoms with E-state index in [1.165, 1.54) is 25.0 Å². The summed E-state index contributed by atoms with van der Waals surface area (Å²) in [5, 5.41) is 0.315. The molecule has 0 amide bonds. The van der Waals surface area contributed by atoms with E-state index >= 15 is 0 Å². The molecule has 1 aromatic carbocycles. The molecular formula is C13H17ClFNO. The first-order chi connectivity index (χ1) is 8.15. The lowest BCUT2D eigenvalue weighted by atomic mass is 9.87. The Labute approximate surface area is 106 Å². The number of nitrogens with two attached hydrogens (primary N) is 1. The van der Waals surface area contributed by atoms with Gasteiger partial charge < -0.3 is 10.5 Å². The molecule has 94 valence electrons. The van der Waals surface area contributed by atoms with Gasteiger partial charge in [-0.25, -0.2) is 4.39 Å². The van der Waals surface area contributed by atoms with Gasteiger partial charge in [0.05, 0.1) is 11.6 Å². The summed E-state index contributed by atoms with van der Waals surface area (Å²) in [7, 11) is 0. The summed E-state index contributed by atoms with van der Waals surface area (Å²) < 4.78 is 18.6.